The topological polar surface area (TPSA) is 102 Å². The van der Waals surface area contributed by atoms with E-state index < -0.39 is 23.8 Å². The van der Waals surface area contributed by atoms with E-state index in [0.29, 0.717) is 40.9 Å². The SMILES string of the molecule is CC[C@H](C)OC(=O)C1=C(C)NC2=C(C(=O)[C@H](C(=O)OC)[C@H](C)C2)[C@@H]1c1ccc(O)cc1. The summed E-state index contributed by atoms with van der Waals surface area (Å²) in [4.78, 5) is 39.1. The third kappa shape index (κ3) is 4.22. The van der Waals surface area contributed by atoms with E-state index in [2.05, 4.69) is 5.32 Å². The van der Waals surface area contributed by atoms with Gasteiger partial charge in [0.1, 0.15) is 11.7 Å². The zero-order valence-corrected chi connectivity index (χ0v) is 18.5. The molecule has 1 aromatic rings. The van der Waals surface area contributed by atoms with Crippen LogP contribution < -0.4 is 5.32 Å². The lowest BCUT2D eigenvalue weighted by molar-refractivity contribution is -0.151. The summed E-state index contributed by atoms with van der Waals surface area (Å²) >= 11 is 0. The van der Waals surface area contributed by atoms with Gasteiger partial charge in [-0.3, -0.25) is 9.59 Å². The lowest BCUT2D eigenvalue weighted by Gasteiger charge is -2.38. The molecule has 0 radical (unpaired) electrons. The number of hydrogen-bond acceptors (Lipinski definition) is 7. The van der Waals surface area contributed by atoms with E-state index in [-0.39, 0.29) is 23.6 Å². The second-order valence-corrected chi connectivity index (χ2v) is 8.25. The molecule has 2 aliphatic rings. The largest absolute Gasteiger partial charge is 0.508 e. The predicted molar refractivity (Wildman–Crippen MR) is 114 cm³/mol. The maximum Gasteiger partial charge on any atom is 0.337 e. The van der Waals surface area contributed by atoms with Crippen molar-refractivity contribution < 1.29 is 29.0 Å². The van der Waals surface area contributed by atoms with Crippen LogP contribution in [-0.4, -0.2) is 36.0 Å². The summed E-state index contributed by atoms with van der Waals surface area (Å²) in [5.41, 5.74) is 2.68. The number of phenols is 1. The molecule has 1 heterocycles. The van der Waals surface area contributed by atoms with Gasteiger partial charge < -0.3 is 19.9 Å². The molecular formula is C24H29NO6. The van der Waals surface area contributed by atoms with Crippen molar-refractivity contribution >= 4 is 17.7 Å². The van der Waals surface area contributed by atoms with Crippen LogP contribution in [0.4, 0.5) is 0 Å². The predicted octanol–water partition coefficient (Wildman–Crippen LogP) is 3.35. The molecule has 0 saturated carbocycles. The Kier molecular flexibility index (Phi) is 6.53. The molecule has 31 heavy (non-hydrogen) atoms. The van der Waals surface area contributed by atoms with E-state index in [9.17, 15) is 19.5 Å². The van der Waals surface area contributed by atoms with Crippen molar-refractivity contribution in [2.75, 3.05) is 7.11 Å². The van der Waals surface area contributed by atoms with E-state index in [1.54, 1.807) is 19.1 Å². The molecule has 4 atom stereocenters. The summed E-state index contributed by atoms with van der Waals surface area (Å²) in [7, 11) is 1.27. The highest BCUT2D eigenvalue weighted by molar-refractivity contribution is 6.12. The van der Waals surface area contributed by atoms with Crippen LogP contribution in [0.2, 0.25) is 0 Å². The van der Waals surface area contributed by atoms with Crippen molar-refractivity contribution in [2.45, 2.75) is 52.6 Å². The summed E-state index contributed by atoms with van der Waals surface area (Å²) in [5, 5.41) is 13.0. The Hall–Kier alpha value is -3.09. The standard InChI is InChI=1S/C24H29NO6/c1-6-13(3)31-24(29)19-14(4)25-17-11-12(2)18(23(28)30-5)22(27)21(17)20(19)15-7-9-16(26)10-8-15/h7-10,12-13,18,20,25-26H,6,11H2,1-5H3/t12-,13+,18-,20-/m1/s1. The number of rotatable bonds is 5. The highest BCUT2D eigenvalue weighted by Crippen LogP contribution is 2.45. The van der Waals surface area contributed by atoms with Gasteiger partial charge in [0.05, 0.1) is 18.8 Å². The first-order valence-electron chi connectivity index (χ1n) is 10.5. The number of carbonyl (C=O) groups excluding carboxylic acids is 3. The van der Waals surface area contributed by atoms with E-state index in [1.807, 2.05) is 20.8 Å². The minimum absolute atomic E-state index is 0.0763. The van der Waals surface area contributed by atoms with E-state index in [4.69, 9.17) is 9.47 Å². The van der Waals surface area contributed by atoms with Crippen LogP contribution in [0.5, 0.6) is 5.75 Å². The van der Waals surface area contributed by atoms with Gasteiger partial charge in [-0.05, 0) is 50.3 Å². The van der Waals surface area contributed by atoms with Gasteiger partial charge >= 0.3 is 11.9 Å². The number of methoxy groups -OCH3 is 1. The smallest absolute Gasteiger partial charge is 0.337 e. The highest BCUT2D eigenvalue weighted by Gasteiger charge is 2.47. The second kappa shape index (κ2) is 8.96. The lowest BCUT2D eigenvalue weighted by atomic mass is 9.69. The van der Waals surface area contributed by atoms with Crippen LogP contribution >= 0.6 is 0 Å². The highest BCUT2D eigenvalue weighted by atomic mass is 16.5. The third-order valence-electron chi connectivity index (χ3n) is 6.07. The molecule has 0 amide bonds. The average Bonchev–Trinajstić information content (AvgIpc) is 2.72. The molecule has 0 aromatic heterocycles. The molecule has 0 spiro atoms. The molecule has 0 saturated heterocycles. The van der Waals surface area contributed by atoms with Gasteiger partial charge in [-0.25, -0.2) is 4.79 Å². The number of nitrogens with one attached hydrogen (secondary N) is 1. The zero-order valence-electron chi connectivity index (χ0n) is 18.5. The summed E-state index contributed by atoms with van der Waals surface area (Å²) in [5.74, 6) is -3.25. The Morgan fingerprint density at radius 2 is 1.90 bits per heavy atom. The quantitative estimate of drug-likeness (QED) is 0.549. The number of Topliss-reactive ketones (excluding diaryl/α,β-unsaturated/α-hetero) is 1. The summed E-state index contributed by atoms with van der Waals surface area (Å²) in [6, 6.07) is 6.38. The van der Waals surface area contributed by atoms with Crippen molar-refractivity contribution in [3.05, 3.63) is 52.4 Å². The normalized spacial score (nSPS) is 24.3. The number of allylic oxidation sites excluding steroid dienone is 3. The van der Waals surface area contributed by atoms with Crippen LogP contribution in [0.3, 0.4) is 0 Å². The number of ketones is 1. The van der Waals surface area contributed by atoms with Crippen molar-refractivity contribution in [3.8, 4) is 5.75 Å². The maximum atomic E-state index is 13.6. The first kappa shape index (κ1) is 22.6. The van der Waals surface area contributed by atoms with E-state index in [0.717, 1.165) is 0 Å². The number of carbonyl (C=O) groups is 3. The number of aromatic hydroxyl groups is 1. The molecule has 166 valence electrons. The van der Waals surface area contributed by atoms with Gasteiger partial charge in [-0.2, -0.15) is 0 Å². The van der Waals surface area contributed by atoms with Crippen LogP contribution in [0.15, 0.2) is 46.8 Å². The molecule has 3 rings (SSSR count). The van der Waals surface area contributed by atoms with E-state index >= 15 is 0 Å². The van der Waals surface area contributed by atoms with Gasteiger partial charge in [0.15, 0.2) is 5.78 Å². The second-order valence-electron chi connectivity index (χ2n) is 8.25. The molecular weight excluding hydrogens is 398 g/mol. The summed E-state index contributed by atoms with van der Waals surface area (Å²) in [6.45, 7) is 7.35. The van der Waals surface area contributed by atoms with E-state index in [1.165, 1.54) is 19.2 Å². The van der Waals surface area contributed by atoms with Crippen molar-refractivity contribution in [1.29, 1.82) is 0 Å². The first-order valence-corrected chi connectivity index (χ1v) is 10.5. The fourth-order valence-corrected chi connectivity index (χ4v) is 4.28. The number of ether oxygens (including phenoxy) is 2. The van der Waals surface area contributed by atoms with Gasteiger partial charge in [-0.15, -0.1) is 0 Å². The fourth-order valence-electron chi connectivity index (χ4n) is 4.28. The monoisotopic (exact) mass is 427 g/mol. The maximum absolute atomic E-state index is 13.6. The number of benzene rings is 1. The minimum atomic E-state index is -0.935. The molecule has 0 bridgehead atoms. The summed E-state index contributed by atoms with van der Waals surface area (Å²) < 4.78 is 10.5. The minimum Gasteiger partial charge on any atom is -0.508 e. The summed E-state index contributed by atoms with van der Waals surface area (Å²) in [6.07, 6.45) is 0.846. The molecule has 1 aliphatic heterocycles. The van der Waals surface area contributed by atoms with Crippen LogP contribution in [-0.2, 0) is 23.9 Å². The molecule has 0 unspecified atom stereocenters. The molecule has 7 heteroatoms. The van der Waals surface area contributed by atoms with Gasteiger partial charge in [0, 0.05) is 22.9 Å². The Balaban J connectivity index is 2.15. The lowest BCUT2D eigenvalue weighted by Crippen LogP contribution is -2.43. The van der Waals surface area contributed by atoms with Crippen LogP contribution in [0, 0.1) is 11.8 Å². The number of phenolic OH excluding ortho intramolecular Hbond substituents is 1. The number of hydrogen-bond donors (Lipinski definition) is 2. The van der Waals surface area contributed by atoms with Crippen molar-refractivity contribution in [1.82, 2.24) is 5.32 Å². The molecule has 1 aromatic carbocycles. The molecule has 2 N–H and O–H groups in total. The zero-order chi connectivity index (χ0) is 22.9. The molecule has 1 aliphatic carbocycles. The fraction of sp³-hybridized carbons (Fsp3) is 0.458. The van der Waals surface area contributed by atoms with Gasteiger partial charge in [0.2, 0.25) is 0 Å². The average molecular weight is 427 g/mol. The Bertz CT molecular complexity index is 959. The number of esters is 2. The Labute approximate surface area is 182 Å². The van der Waals surface area contributed by atoms with Gasteiger partial charge in [0.25, 0.3) is 0 Å². The van der Waals surface area contributed by atoms with Crippen molar-refractivity contribution in [2.24, 2.45) is 11.8 Å². The third-order valence-corrected chi connectivity index (χ3v) is 6.07. The molecule has 7 nitrogen and oxygen atoms in total. The Morgan fingerprint density at radius 1 is 1.26 bits per heavy atom. The Morgan fingerprint density at radius 3 is 2.48 bits per heavy atom. The number of dihydropyridines is 1. The first-order chi connectivity index (χ1) is 14.7. The van der Waals surface area contributed by atoms with Gasteiger partial charge in [-0.1, -0.05) is 26.0 Å². The van der Waals surface area contributed by atoms with Crippen LogP contribution in [0.1, 0.15) is 52.0 Å². The molecule has 0 fully saturated rings. The van der Waals surface area contributed by atoms with Crippen LogP contribution in [0.25, 0.3) is 0 Å². The van der Waals surface area contributed by atoms with Crippen molar-refractivity contribution in [3.63, 3.8) is 0 Å².